The molecule has 1 rings (SSSR count). The Labute approximate surface area is 87.7 Å². The Morgan fingerprint density at radius 3 is 2.71 bits per heavy atom. The van der Waals surface area contributed by atoms with Crippen LogP contribution in [-0.2, 0) is 4.79 Å². The third kappa shape index (κ3) is 3.32. The molecule has 2 nitrogen and oxygen atoms in total. The highest BCUT2D eigenvalue weighted by molar-refractivity contribution is 5.77. The number of amides is 1. The molecule has 1 aliphatic heterocycles. The van der Waals surface area contributed by atoms with E-state index in [2.05, 4.69) is 18.7 Å². The fourth-order valence-corrected chi connectivity index (χ4v) is 2.18. The first-order valence-corrected chi connectivity index (χ1v) is 6.05. The molecule has 1 unspecified atom stereocenters. The lowest BCUT2D eigenvalue weighted by Gasteiger charge is -2.31. The minimum atomic E-state index is 0.392. The van der Waals surface area contributed by atoms with Gasteiger partial charge in [0.1, 0.15) is 0 Å². The average Bonchev–Trinajstić information content (AvgIpc) is 2.17. The van der Waals surface area contributed by atoms with Crippen molar-refractivity contribution < 1.29 is 4.79 Å². The molecule has 0 aromatic heterocycles. The van der Waals surface area contributed by atoms with Gasteiger partial charge in [0, 0.05) is 19.5 Å². The molecule has 0 aliphatic carbocycles. The molecule has 0 N–H and O–H groups in total. The van der Waals surface area contributed by atoms with Crippen molar-refractivity contribution in [3.8, 4) is 0 Å². The highest BCUT2D eigenvalue weighted by atomic mass is 16.2. The SMILES string of the molecule is CCCCN1CCC(CCC)CC1=O. The van der Waals surface area contributed by atoms with E-state index in [-0.39, 0.29) is 0 Å². The van der Waals surface area contributed by atoms with E-state index >= 15 is 0 Å². The number of unbranched alkanes of at least 4 members (excludes halogenated alkanes) is 1. The van der Waals surface area contributed by atoms with Crippen molar-refractivity contribution in [2.45, 2.75) is 52.4 Å². The van der Waals surface area contributed by atoms with Gasteiger partial charge in [0.25, 0.3) is 0 Å². The second kappa shape index (κ2) is 6.05. The third-order valence-electron chi connectivity index (χ3n) is 3.10. The Balaban J connectivity index is 2.28. The summed E-state index contributed by atoms with van der Waals surface area (Å²) in [4.78, 5) is 13.8. The van der Waals surface area contributed by atoms with E-state index in [1.165, 1.54) is 25.7 Å². The lowest BCUT2D eigenvalue weighted by atomic mass is 9.92. The monoisotopic (exact) mass is 197 g/mol. The summed E-state index contributed by atoms with van der Waals surface area (Å²) in [7, 11) is 0. The van der Waals surface area contributed by atoms with Crippen LogP contribution in [-0.4, -0.2) is 23.9 Å². The number of hydrogen-bond donors (Lipinski definition) is 0. The lowest BCUT2D eigenvalue weighted by Crippen LogP contribution is -2.39. The zero-order valence-electron chi connectivity index (χ0n) is 9.59. The number of nitrogens with zero attached hydrogens (tertiary/aromatic N) is 1. The zero-order chi connectivity index (χ0) is 10.4. The summed E-state index contributed by atoms with van der Waals surface area (Å²) in [5, 5.41) is 0. The Hall–Kier alpha value is -0.530. The van der Waals surface area contributed by atoms with Gasteiger partial charge in [-0.1, -0.05) is 33.1 Å². The van der Waals surface area contributed by atoms with Gasteiger partial charge < -0.3 is 4.90 Å². The summed E-state index contributed by atoms with van der Waals surface area (Å²) < 4.78 is 0. The van der Waals surface area contributed by atoms with Crippen LogP contribution in [0.15, 0.2) is 0 Å². The predicted molar refractivity (Wildman–Crippen MR) is 59.1 cm³/mol. The van der Waals surface area contributed by atoms with Crippen LogP contribution >= 0.6 is 0 Å². The maximum atomic E-state index is 11.7. The molecule has 1 atom stereocenters. The molecule has 1 saturated heterocycles. The van der Waals surface area contributed by atoms with Gasteiger partial charge in [0.2, 0.25) is 5.91 Å². The second-order valence-electron chi connectivity index (χ2n) is 4.38. The molecule has 0 bridgehead atoms. The summed E-state index contributed by atoms with van der Waals surface area (Å²) >= 11 is 0. The van der Waals surface area contributed by atoms with Crippen molar-refractivity contribution in [3.63, 3.8) is 0 Å². The van der Waals surface area contributed by atoms with Crippen LogP contribution in [0.2, 0.25) is 0 Å². The summed E-state index contributed by atoms with van der Waals surface area (Å²) in [6.07, 6.45) is 6.81. The Morgan fingerprint density at radius 2 is 2.14 bits per heavy atom. The summed E-state index contributed by atoms with van der Waals surface area (Å²) in [5.41, 5.74) is 0. The van der Waals surface area contributed by atoms with Gasteiger partial charge in [-0.3, -0.25) is 4.79 Å². The van der Waals surface area contributed by atoms with Crippen LogP contribution in [0.25, 0.3) is 0 Å². The van der Waals surface area contributed by atoms with Gasteiger partial charge in [-0.25, -0.2) is 0 Å². The van der Waals surface area contributed by atoms with Crippen LogP contribution in [0, 0.1) is 5.92 Å². The fourth-order valence-electron chi connectivity index (χ4n) is 2.18. The maximum absolute atomic E-state index is 11.7. The minimum Gasteiger partial charge on any atom is -0.343 e. The van der Waals surface area contributed by atoms with Crippen LogP contribution in [0.4, 0.5) is 0 Å². The van der Waals surface area contributed by atoms with E-state index in [1.54, 1.807) is 0 Å². The van der Waals surface area contributed by atoms with Gasteiger partial charge in [-0.05, 0) is 18.8 Å². The Bertz CT molecular complexity index is 179. The highest BCUT2D eigenvalue weighted by Gasteiger charge is 2.24. The average molecular weight is 197 g/mol. The topological polar surface area (TPSA) is 20.3 Å². The molecule has 0 saturated carbocycles. The summed E-state index contributed by atoms with van der Waals surface area (Å²) in [6.45, 7) is 6.36. The third-order valence-corrected chi connectivity index (χ3v) is 3.10. The number of hydrogen-bond acceptors (Lipinski definition) is 1. The molecule has 1 aliphatic rings. The van der Waals surface area contributed by atoms with Crippen molar-refractivity contribution in [2.75, 3.05) is 13.1 Å². The van der Waals surface area contributed by atoms with Gasteiger partial charge in [0.05, 0.1) is 0 Å². The van der Waals surface area contributed by atoms with Crippen molar-refractivity contribution in [2.24, 2.45) is 5.92 Å². The molecular weight excluding hydrogens is 174 g/mol. The molecular formula is C12H23NO. The first-order valence-electron chi connectivity index (χ1n) is 6.05. The molecule has 14 heavy (non-hydrogen) atoms. The second-order valence-corrected chi connectivity index (χ2v) is 4.38. The largest absolute Gasteiger partial charge is 0.343 e. The molecule has 0 aromatic carbocycles. The first kappa shape index (κ1) is 11.5. The standard InChI is InChI=1S/C12H23NO/c1-3-5-8-13-9-7-11(6-4-2)10-12(13)14/h11H,3-10H2,1-2H3. The van der Waals surface area contributed by atoms with E-state index in [4.69, 9.17) is 0 Å². The minimum absolute atomic E-state index is 0.392. The molecule has 0 spiro atoms. The number of piperidine rings is 1. The first-order chi connectivity index (χ1) is 6.77. The summed E-state index contributed by atoms with van der Waals surface area (Å²) in [6, 6.07) is 0. The van der Waals surface area contributed by atoms with E-state index in [0.29, 0.717) is 11.8 Å². The van der Waals surface area contributed by atoms with Crippen LogP contribution in [0.3, 0.4) is 0 Å². The molecule has 1 fully saturated rings. The zero-order valence-corrected chi connectivity index (χ0v) is 9.59. The Kier molecular flexibility index (Phi) is 4.99. The molecule has 82 valence electrons. The van der Waals surface area contributed by atoms with Crippen LogP contribution < -0.4 is 0 Å². The van der Waals surface area contributed by atoms with Crippen LogP contribution in [0.5, 0.6) is 0 Å². The lowest BCUT2D eigenvalue weighted by molar-refractivity contribution is -0.135. The molecule has 0 radical (unpaired) electrons. The Morgan fingerprint density at radius 1 is 1.36 bits per heavy atom. The number of rotatable bonds is 5. The van der Waals surface area contributed by atoms with Crippen LogP contribution in [0.1, 0.15) is 52.4 Å². The van der Waals surface area contributed by atoms with Gasteiger partial charge in [-0.15, -0.1) is 0 Å². The van der Waals surface area contributed by atoms with Crippen molar-refractivity contribution in [1.29, 1.82) is 0 Å². The van der Waals surface area contributed by atoms with E-state index in [1.807, 2.05) is 0 Å². The number of likely N-dealkylation sites (tertiary alicyclic amines) is 1. The molecule has 1 heterocycles. The van der Waals surface area contributed by atoms with Gasteiger partial charge in [0.15, 0.2) is 0 Å². The van der Waals surface area contributed by atoms with E-state index in [9.17, 15) is 4.79 Å². The number of carbonyl (C=O) groups is 1. The smallest absolute Gasteiger partial charge is 0.222 e. The molecule has 0 aromatic rings. The van der Waals surface area contributed by atoms with Crippen molar-refractivity contribution in [1.82, 2.24) is 4.90 Å². The van der Waals surface area contributed by atoms with Gasteiger partial charge >= 0.3 is 0 Å². The van der Waals surface area contributed by atoms with E-state index in [0.717, 1.165) is 25.9 Å². The van der Waals surface area contributed by atoms with Crippen molar-refractivity contribution in [3.05, 3.63) is 0 Å². The predicted octanol–water partition coefficient (Wildman–Crippen LogP) is 2.83. The maximum Gasteiger partial charge on any atom is 0.222 e. The quantitative estimate of drug-likeness (QED) is 0.663. The molecule has 2 heteroatoms. The summed E-state index contributed by atoms with van der Waals surface area (Å²) in [5.74, 6) is 1.06. The fraction of sp³-hybridized carbons (Fsp3) is 0.917. The molecule has 1 amide bonds. The normalized spacial score (nSPS) is 22.9. The number of carbonyl (C=O) groups excluding carboxylic acids is 1. The highest BCUT2D eigenvalue weighted by Crippen LogP contribution is 2.22. The van der Waals surface area contributed by atoms with Gasteiger partial charge in [-0.2, -0.15) is 0 Å². The van der Waals surface area contributed by atoms with E-state index < -0.39 is 0 Å². The van der Waals surface area contributed by atoms with Crippen molar-refractivity contribution >= 4 is 5.91 Å².